The second kappa shape index (κ2) is 7.14. The Balaban J connectivity index is 3.03. The third-order valence-corrected chi connectivity index (χ3v) is 5.17. The minimum atomic E-state index is -3.92. The molecular weight excluding hydrogens is 292 g/mol. The highest BCUT2D eigenvalue weighted by atomic mass is 32.2. The topological polar surface area (TPSA) is 80.7 Å². The molecule has 1 atom stereocenters. The average molecular weight is 310 g/mol. The molecule has 1 aromatic rings. The fourth-order valence-electron chi connectivity index (χ4n) is 1.84. The SMILES string of the molecule is CC#CCOc1ccc(S(=O)(=O)C(C(=O)O)C(C)C)cc1. The quantitative estimate of drug-likeness (QED) is 0.813. The number of hydrogen-bond donors (Lipinski definition) is 1. The van der Waals surface area contributed by atoms with Crippen LogP contribution in [-0.4, -0.2) is 31.4 Å². The van der Waals surface area contributed by atoms with Crippen molar-refractivity contribution in [3.8, 4) is 17.6 Å². The van der Waals surface area contributed by atoms with Crippen molar-refractivity contribution >= 4 is 15.8 Å². The predicted octanol–water partition coefficient (Wildman–Crippen LogP) is 1.97. The van der Waals surface area contributed by atoms with E-state index in [4.69, 9.17) is 9.84 Å². The van der Waals surface area contributed by atoms with Gasteiger partial charge in [0.05, 0.1) is 4.90 Å². The van der Waals surface area contributed by atoms with Crippen LogP contribution in [0, 0.1) is 17.8 Å². The summed E-state index contributed by atoms with van der Waals surface area (Å²) in [6, 6.07) is 5.68. The highest BCUT2D eigenvalue weighted by Gasteiger charge is 2.36. The van der Waals surface area contributed by atoms with Gasteiger partial charge < -0.3 is 9.84 Å². The third kappa shape index (κ3) is 4.23. The fourth-order valence-corrected chi connectivity index (χ4v) is 3.63. The Morgan fingerprint density at radius 1 is 1.29 bits per heavy atom. The third-order valence-electron chi connectivity index (χ3n) is 2.82. The molecule has 0 aliphatic rings. The van der Waals surface area contributed by atoms with Crippen molar-refractivity contribution in [2.45, 2.75) is 30.9 Å². The Hall–Kier alpha value is -2.00. The maximum Gasteiger partial charge on any atom is 0.322 e. The number of benzene rings is 1. The number of ether oxygens (including phenoxy) is 1. The lowest BCUT2D eigenvalue weighted by Crippen LogP contribution is -2.34. The molecule has 5 nitrogen and oxygen atoms in total. The molecule has 6 heteroatoms. The van der Waals surface area contributed by atoms with E-state index in [-0.39, 0.29) is 11.5 Å². The Morgan fingerprint density at radius 2 is 1.86 bits per heavy atom. The largest absolute Gasteiger partial charge is 0.481 e. The first kappa shape index (κ1) is 17.1. The molecule has 0 heterocycles. The molecule has 1 unspecified atom stereocenters. The van der Waals surface area contributed by atoms with Crippen LogP contribution in [0.1, 0.15) is 20.8 Å². The van der Waals surface area contributed by atoms with Gasteiger partial charge in [0.2, 0.25) is 0 Å². The highest BCUT2D eigenvalue weighted by molar-refractivity contribution is 7.92. The lowest BCUT2D eigenvalue weighted by molar-refractivity contribution is -0.137. The number of sulfone groups is 1. The van der Waals surface area contributed by atoms with Crippen molar-refractivity contribution in [3.63, 3.8) is 0 Å². The summed E-state index contributed by atoms with van der Waals surface area (Å²) in [6.07, 6.45) is 0. The van der Waals surface area contributed by atoms with Gasteiger partial charge in [0.15, 0.2) is 15.1 Å². The van der Waals surface area contributed by atoms with Crippen molar-refractivity contribution in [2.24, 2.45) is 5.92 Å². The molecule has 0 aromatic heterocycles. The molecule has 0 spiro atoms. The Morgan fingerprint density at radius 3 is 2.29 bits per heavy atom. The summed E-state index contributed by atoms with van der Waals surface area (Å²) >= 11 is 0. The van der Waals surface area contributed by atoms with Crippen LogP contribution in [0.15, 0.2) is 29.2 Å². The van der Waals surface area contributed by atoms with Gasteiger partial charge in [-0.1, -0.05) is 19.8 Å². The molecule has 1 rings (SSSR count). The molecule has 0 aliphatic heterocycles. The van der Waals surface area contributed by atoms with Crippen molar-refractivity contribution in [1.82, 2.24) is 0 Å². The standard InChI is InChI=1S/C15H18O5S/c1-4-5-10-20-12-6-8-13(9-7-12)21(18,19)14(11(2)3)15(16)17/h6-9,11,14H,10H2,1-3H3,(H,16,17). The first-order valence-corrected chi connectivity index (χ1v) is 7.94. The van der Waals surface area contributed by atoms with Gasteiger partial charge in [-0.15, -0.1) is 5.92 Å². The fraction of sp³-hybridized carbons (Fsp3) is 0.400. The van der Waals surface area contributed by atoms with E-state index >= 15 is 0 Å². The smallest absolute Gasteiger partial charge is 0.322 e. The number of carbonyl (C=O) groups is 1. The van der Waals surface area contributed by atoms with Gasteiger partial charge in [-0.25, -0.2) is 8.42 Å². The molecule has 0 amide bonds. The van der Waals surface area contributed by atoms with Gasteiger partial charge in [-0.05, 0) is 37.1 Å². The van der Waals surface area contributed by atoms with Crippen LogP contribution in [-0.2, 0) is 14.6 Å². The van der Waals surface area contributed by atoms with Crippen LogP contribution in [0.2, 0.25) is 0 Å². The lowest BCUT2D eigenvalue weighted by atomic mass is 10.1. The van der Waals surface area contributed by atoms with Gasteiger partial charge >= 0.3 is 5.97 Å². The maximum atomic E-state index is 12.3. The lowest BCUT2D eigenvalue weighted by Gasteiger charge is -2.17. The minimum Gasteiger partial charge on any atom is -0.481 e. The summed E-state index contributed by atoms with van der Waals surface area (Å²) in [5.74, 6) is 4.01. The predicted molar refractivity (Wildman–Crippen MR) is 78.8 cm³/mol. The summed E-state index contributed by atoms with van der Waals surface area (Å²) in [6.45, 7) is 5.04. The van der Waals surface area contributed by atoms with Crippen LogP contribution in [0.5, 0.6) is 5.75 Å². The van der Waals surface area contributed by atoms with Crippen LogP contribution < -0.4 is 4.74 Å². The van der Waals surface area contributed by atoms with E-state index < -0.39 is 27.0 Å². The Bertz CT molecular complexity index is 648. The zero-order valence-electron chi connectivity index (χ0n) is 12.2. The minimum absolute atomic E-state index is 0.0301. The maximum absolute atomic E-state index is 12.3. The van der Waals surface area contributed by atoms with Crippen molar-refractivity contribution < 1.29 is 23.1 Å². The Kier molecular flexibility index (Phi) is 5.79. The summed E-state index contributed by atoms with van der Waals surface area (Å²) in [4.78, 5) is 11.2. The molecule has 0 saturated carbocycles. The van der Waals surface area contributed by atoms with E-state index in [9.17, 15) is 13.2 Å². The van der Waals surface area contributed by atoms with Crippen molar-refractivity contribution in [2.75, 3.05) is 6.61 Å². The van der Waals surface area contributed by atoms with Crippen molar-refractivity contribution in [1.29, 1.82) is 0 Å². The van der Waals surface area contributed by atoms with E-state index in [2.05, 4.69) is 11.8 Å². The van der Waals surface area contributed by atoms with E-state index in [1.165, 1.54) is 24.3 Å². The number of rotatable bonds is 6. The van der Waals surface area contributed by atoms with E-state index in [1.807, 2.05) is 0 Å². The first-order chi connectivity index (χ1) is 9.80. The van der Waals surface area contributed by atoms with Crippen molar-refractivity contribution in [3.05, 3.63) is 24.3 Å². The number of carboxylic acid groups (broad SMARTS) is 1. The van der Waals surface area contributed by atoms with Gasteiger partial charge in [0.1, 0.15) is 12.4 Å². The van der Waals surface area contributed by atoms with E-state index in [1.54, 1.807) is 20.8 Å². The van der Waals surface area contributed by atoms with Gasteiger partial charge in [-0.3, -0.25) is 4.79 Å². The van der Waals surface area contributed by atoms with E-state index in [0.717, 1.165) is 0 Å². The summed E-state index contributed by atoms with van der Waals surface area (Å²) in [7, 11) is -3.92. The summed E-state index contributed by atoms with van der Waals surface area (Å²) < 4.78 is 30.0. The highest BCUT2D eigenvalue weighted by Crippen LogP contribution is 2.24. The normalized spacial score (nSPS) is 12.4. The summed E-state index contributed by atoms with van der Waals surface area (Å²) in [5, 5.41) is 7.66. The molecule has 0 fully saturated rings. The molecule has 21 heavy (non-hydrogen) atoms. The Labute approximate surface area is 124 Å². The molecule has 1 N–H and O–H groups in total. The zero-order valence-corrected chi connectivity index (χ0v) is 13.0. The number of carboxylic acids is 1. The molecule has 0 radical (unpaired) electrons. The second-order valence-electron chi connectivity index (χ2n) is 4.73. The van der Waals surface area contributed by atoms with Gasteiger partial charge in [0.25, 0.3) is 0 Å². The van der Waals surface area contributed by atoms with E-state index in [0.29, 0.717) is 5.75 Å². The van der Waals surface area contributed by atoms with Crippen LogP contribution in [0.3, 0.4) is 0 Å². The van der Waals surface area contributed by atoms with Crippen LogP contribution in [0.25, 0.3) is 0 Å². The molecule has 0 aliphatic carbocycles. The summed E-state index contributed by atoms with van der Waals surface area (Å²) in [5.41, 5.74) is 0. The molecule has 1 aromatic carbocycles. The molecule has 114 valence electrons. The van der Waals surface area contributed by atoms with Gasteiger partial charge in [-0.2, -0.15) is 0 Å². The second-order valence-corrected chi connectivity index (χ2v) is 6.80. The molecule has 0 saturated heterocycles. The molecule has 0 bridgehead atoms. The molecular formula is C15H18O5S. The zero-order chi connectivity index (χ0) is 16.0. The van der Waals surface area contributed by atoms with Gasteiger partial charge in [0, 0.05) is 0 Å². The first-order valence-electron chi connectivity index (χ1n) is 6.40. The average Bonchev–Trinajstić information content (AvgIpc) is 2.38. The number of hydrogen-bond acceptors (Lipinski definition) is 4. The van der Waals surface area contributed by atoms with Crippen LogP contribution >= 0.6 is 0 Å². The number of aliphatic carboxylic acids is 1. The monoisotopic (exact) mass is 310 g/mol. The van der Waals surface area contributed by atoms with Crippen LogP contribution in [0.4, 0.5) is 0 Å².